The van der Waals surface area contributed by atoms with Crippen molar-refractivity contribution in [2.24, 2.45) is 53.3 Å². The van der Waals surface area contributed by atoms with Gasteiger partial charge >= 0.3 is 0 Å². The highest BCUT2D eigenvalue weighted by Crippen LogP contribution is 2.62. The smallest absolute Gasteiger partial charge is 0.0543 e. The van der Waals surface area contributed by atoms with E-state index in [1.54, 1.807) is 0 Å². The van der Waals surface area contributed by atoms with Crippen LogP contribution in [0.5, 0.6) is 0 Å². The van der Waals surface area contributed by atoms with Gasteiger partial charge in [0, 0.05) is 0 Å². The summed E-state index contributed by atoms with van der Waals surface area (Å²) in [5.74, 6) is 8.77. The molecule has 25 heavy (non-hydrogen) atoms. The minimum atomic E-state index is 0.0133. The zero-order valence-corrected chi connectivity index (χ0v) is 16.2. The fourth-order valence-electron chi connectivity index (χ4n) is 8.95. The largest absolute Gasteiger partial charge is 0.393 e. The average molecular weight is 343 g/mol. The van der Waals surface area contributed by atoms with Gasteiger partial charge in [0.15, 0.2) is 0 Å². The predicted octanol–water partition coefficient (Wildman–Crippen LogP) is 5.83. The topological polar surface area (TPSA) is 20.2 Å². The van der Waals surface area contributed by atoms with E-state index < -0.39 is 0 Å². The maximum atomic E-state index is 10.1. The molecule has 0 spiro atoms. The highest BCUT2D eigenvalue weighted by molar-refractivity contribution is 5.10. The summed E-state index contributed by atoms with van der Waals surface area (Å²) in [6, 6.07) is 0. The Bertz CT molecular complexity index is 524. The van der Waals surface area contributed by atoms with Crippen molar-refractivity contribution < 1.29 is 5.11 Å². The lowest BCUT2D eigenvalue weighted by Crippen LogP contribution is -2.50. The molecular weight excluding hydrogens is 304 g/mol. The average Bonchev–Trinajstić information content (AvgIpc) is 3.05. The van der Waals surface area contributed by atoms with Gasteiger partial charge in [-0.15, -0.1) is 0 Å². The molecule has 5 saturated carbocycles. The van der Waals surface area contributed by atoms with Crippen molar-refractivity contribution in [2.45, 2.75) is 83.7 Å². The van der Waals surface area contributed by atoms with Crippen molar-refractivity contribution in [3.05, 3.63) is 12.2 Å². The molecule has 10 unspecified atom stereocenters. The normalized spacial score (nSPS) is 54.8. The molecule has 1 nitrogen and oxygen atoms in total. The van der Waals surface area contributed by atoms with Gasteiger partial charge in [-0.3, -0.25) is 0 Å². The maximum Gasteiger partial charge on any atom is 0.0543 e. The molecule has 1 N–H and O–H groups in total. The third-order valence-corrected chi connectivity index (χ3v) is 9.77. The first kappa shape index (κ1) is 16.8. The molecule has 5 aliphatic carbocycles. The van der Waals surface area contributed by atoms with Crippen molar-refractivity contribution in [1.82, 2.24) is 0 Å². The van der Waals surface area contributed by atoms with E-state index in [0.29, 0.717) is 0 Å². The highest BCUT2D eigenvalue weighted by atomic mass is 16.3. The van der Waals surface area contributed by atoms with E-state index in [4.69, 9.17) is 0 Å². The Hall–Kier alpha value is -0.300. The van der Waals surface area contributed by atoms with E-state index >= 15 is 0 Å². The zero-order chi connectivity index (χ0) is 17.1. The van der Waals surface area contributed by atoms with E-state index in [2.05, 4.69) is 13.5 Å². The molecule has 5 fully saturated rings. The number of fused-ring (bicyclic) bond motifs is 7. The van der Waals surface area contributed by atoms with Gasteiger partial charge < -0.3 is 5.11 Å². The second-order valence-electron chi connectivity index (χ2n) is 10.6. The van der Waals surface area contributed by atoms with Crippen molar-refractivity contribution in [3.8, 4) is 0 Å². The lowest BCUT2D eigenvalue weighted by molar-refractivity contribution is -0.0834. The lowest BCUT2D eigenvalue weighted by Gasteiger charge is -2.57. The van der Waals surface area contributed by atoms with Crippen molar-refractivity contribution in [3.63, 3.8) is 0 Å². The van der Waals surface area contributed by atoms with Crippen LogP contribution in [0.25, 0.3) is 0 Å². The van der Waals surface area contributed by atoms with E-state index in [9.17, 15) is 5.11 Å². The monoisotopic (exact) mass is 342 g/mol. The summed E-state index contributed by atoms with van der Waals surface area (Å²) in [5.41, 5.74) is 1.49. The van der Waals surface area contributed by atoms with Gasteiger partial charge in [-0.1, -0.05) is 12.2 Å². The summed E-state index contributed by atoms with van der Waals surface area (Å²) >= 11 is 0. The molecule has 0 bridgehead atoms. The first-order chi connectivity index (χ1) is 12.1. The second kappa shape index (κ2) is 6.39. The first-order valence-electron chi connectivity index (χ1n) is 11.5. The fourth-order valence-corrected chi connectivity index (χ4v) is 8.95. The van der Waals surface area contributed by atoms with E-state index in [1.807, 2.05) is 0 Å². The molecule has 5 rings (SSSR count). The standard InChI is InChI=1S/C24H38O/c1-14(2)18-7-3-15-4-8-22-21-9-5-16-13-17(25)6-10-19(16)20(21)11-12-23(22)24(15)18/h15-25H,1,3-13H2,2H3. The van der Waals surface area contributed by atoms with Crippen LogP contribution in [0.3, 0.4) is 0 Å². The summed E-state index contributed by atoms with van der Waals surface area (Å²) in [4.78, 5) is 0. The second-order valence-corrected chi connectivity index (χ2v) is 10.6. The van der Waals surface area contributed by atoms with E-state index in [1.165, 1.54) is 63.4 Å². The fraction of sp³-hybridized carbons (Fsp3) is 0.917. The number of hydrogen-bond donors (Lipinski definition) is 1. The van der Waals surface area contributed by atoms with Gasteiger partial charge in [0.05, 0.1) is 6.10 Å². The Morgan fingerprint density at radius 1 is 0.680 bits per heavy atom. The minimum absolute atomic E-state index is 0.0133. The summed E-state index contributed by atoms with van der Waals surface area (Å²) in [6.45, 7) is 6.69. The highest BCUT2D eigenvalue weighted by Gasteiger charge is 2.54. The molecule has 0 aromatic heterocycles. The summed E-state index contributed by atoms with van der Waals surface area (Å²) in [6.07, 6.45) is 15.4. The third kappa shape index (κ3) is 2.67. The first-order valence-corrected chi connectivity index (χ1v) is 11.5. The van der Waals surface area contributed by atoms with Gasteiger partial charge in [-0.25, -0.2) is 0 Å². The molecule has 0 amide bonds. The molecule has 1 heteroatoms. The van der Waals surface area contributed by atoms with Crippen LogP contribution in [0.4, 0.5) is 0 Å². The third-order valence-electron chi connectivity index (χ3n) is 9.77. The number of hydrogen-bond acceptors (Lipinski definition) is 1. The minimum Gasteiger partial charge on any atom is -0.393 e. The number of aliphatic hydroxyl groups excluding tert-OH is 1. The molecule has 0 aliphatic heterocycles. The van der Waals surface area contributed by atoms with Crippen LogP contribution in [0, 0.1) is 53.3 Å². The Kier molecular flexibility index (Phi) is 4.31. The molecule has 0 aromatic carbocycles. The van der Waals surface area contributed by atoms with Crippen LogP contribution < -0.4 is 0 Å². The van der Waals surface area contributed by atoms with Crippen LogP contribution in [0.15, 0.2) is 12.2 Å². The number of aliphatic hydroxyl groups is 1. The quantitative estimate of drug-likeness (QED) is 0.595. The van der Waals surface area contributed by atoms with Crippen molar-refractivity contribution in [1.29, 1.82) is 0 Å². The van der Waals surface area contributed by atoms with Gasteiger partial charge in [-0.05, 0) is 131 Å². The van der Waals surface area contributed by atoms with Crippen molar-refractivity contribution >= 4 is 0 Å². The molecule has 0 radical (unpaired) electrons. The SMILES string of the molecule is C=C(C)C1CCC2CCC3C4CCC5CC(O)CCC5C4CCC3C21. The van der Waals surface area contributed by atoms with Gasteiger partial charge in [0.25, 0.3) is 0 Å². The Morgan fingerprint density at radius 2 is 1.24 bits per heavy atom. The van der Waals surface area contributed by atoms with Gasteiger partial charge in [0.2, 0.25) is 0 Å². The molecule has 140 valence electrons. The maximum absolute atomic E-state index is 10.1. The van der Waals surface area contributed by atoms with E-state index in [-0.39, 0.29) is 6.10 Å². The summed E-state index contributed by atoms with van der Waals surface area (Å²) in [7, 11) is 0. The Balaban J connectivity index is 1.37. The predicted molar refractivity (Wildman–Crippen MR) is 103 cm³/mol. The van der Waals surface area contributed by atoms with Crippen molar-refractivity contribution in [2.75, 3.05) is 0 Å². The molecule has 5 aliphatic rings. The van der Waals surface area contributed by atoms with Crippen LogP contribution in [0.1, 0.15) is 77.6 Å². The van der Waals surface area contributed by atoms with Crippen LogP contribution >= 0.6 is 0 Å². The lowest BCUT2D eigenvalue weighted by atomic mass is 9.48. The van der Waals surface area contributed by atoms with Crippen LogP contribution in [0.2, 0.25) is 0 Å². The molecular formula is C24H38O. The van der Waals surface area contributed by atoms with Gasteiger partial charge in [-0.2, -0.15) is 0 Å². The molecule has 10 atom stereocenters. The molecule has 0 saturated heterocycles. The Labute approximate surface area is 154 Å². The molecule has 0 aromatic rings. The number of allylic oxidation sites excluding steroid dienone is 1. The Morgan fingerprint density at radius 3 is 2.04 bits per heavy atom. The zero-order valence-electron chi connectivity index (χ0n) is 16.2. The number of rotatable bonds is 1. The molecule has 0 heterocycles. The van der Waals surface area contributed by atoms with E-state index in [0.717, 1.165) is 66.1 Å². The van der Waals surface area contributed by atoms with Gasteiger partial charge in [0.1, 0.15) is 0 Å². The van der Waals surface area contributed by atoms with Crippen LogP contribution in [-0.4, -0.2) is 11.2 Å². The van der Waals surface area contributed by atoms with Crippen LogP contribution in [-0.2, 0) is 0 Å². The summed E-state index contributed by atoms with van der Waals surface area (Å²) < 4.78 is 0. The summed E-state index contributed by atoms with van der Waals surface area (Å²) in [5, 5.41) is 10.1.